The number of nitrogen functional groups attached to an aromatic ring is 1. The van der Waals surface area contributed by atoms with E-state index in [0.29, 0.717) is 35.4 Å². The summed E-state index contributed by atoms with van der Waals surface area (Å²) in [6.45, 7) is 19.7. The number of aromatic nitrogens is 4. The van der Waals surface area contributed by atoms with Crippen LogP contribution in [0.15, 0.2) is 16.4 Å². The quantitative estimate of drug-likeness (QED) is 0.286. The van der Waals surface area contributed by atoms with Gasteiger partial charge in [0.15, 0.2) is 0 Å². The standard InChI is InChI=1S/C34H51N5O/c1-18-26(36-39-29(18)40)21-16-30(2,3)15-20-19(21)11-13-33(7)23(20)9-10-25-32(6)17-22-27(37-38-28(22)35)31(4,5)24(32)12-14-34(25,33)8/h9,19-21,24-25H,10-17H2,1-8H3,(H3,35,37,38)(H2,36,39,40)/t19-,20?,21+,24?,25?,32-,33+,34+/m0/s1. The Morgan fingerprint density at radius 2 is 1.68 bits per heavy atom. The number of hydrogen-bond acceptors (Lipinski definition) is 3. The summed E-state index contributed by atoms with van der Waals surface area (Å²) in [7, 11) is 0. The molecule has 6 nitrogen and oxygen atoms in total. The molecule has 0 spiro atoms. The smallest absolute Gasteiger partial charge is 0.267 e. The van der Waals surface area contributed by atoms with E-state index in [-0.39, 0.29) is 32.6 Å². The first kappa shape index (κ1) is 26.6. The number of fused-ring (bicyclic) bond motifs is 8. The van der Waals surface area contributed by atoms with Crippen molar-refractivity contribution < 1.29 is 0 Å². The molecule has 0 bridgehead atoms. The summed E-state index contributed by atoms with van der Waals surface area (Å²) in [4.78, 5) is 12.4. The molecule has 3 fully saturated rings. The lowest BCUT2D eigenvalue weighted by molar-refractivity contribution is -0.153. The fourth-order valence-corrected chi connectivity index (χ4v) is 12.2. The second kappa shape index (κ2) is 7.98. The Balaban J connectivity index is 1.31. The van der Waals surface area contributed by atoms with E-state index < -0.39 is 0 Å². The third-order valence-electron chi connectivity index (χ3n) is 14.1. The number of nitrogens with one attached hydrogen (secondary N) is 3. The van der Waals surface area contributed by atoms with Gasteiger partial charge in [-0.2, -0.15) is 5.10 Å². The Morgan fingerprint density at radius 1 is 0.950 bits per heavy atom. The maximum atomic E-state index is 12.4. The molecule has 0 aromatic carbocycles. The second-order valence-corrected chi connectivity index (χ2v) is 16.8. The minimum atomic E-state index is 0.0444. The molecule has 218 valence electrons. The highest BCUT2D eigenvalue weighted by Crippen LogP contribution is 2.74. The monoisotopic (exact) mass is 545 g/mol. The van der Waals surface area contributed by atoms with Gasteiger partial charge in [-0.05, 0) is 104 Å². The number of H-pyrrole nitrogens is 3. The zero-order chi connectivity index (χ0) is 28.6. The van der Waals surface area contributed by atoms with Gasteiger partial charge in [0, 0.05) is 33.8 Å². The van der Waals surface area contributed by atoms with Crippen molar-refractivity contribution in [1.29, 1.82) is 0 Å². The van der Waals surface area contributed by atoms with Crippen molar-refractivity contribution in [3.05, 3.63) is 44.5 Å². The molecule has 2 heterocycles. The minimum absolute atomic E-state index is 0.0444. The average molecular weight is 546 g/mol. The van der Waals surface area contributed by atoms with E-state index in [1.54, 1.807) is 5.57 Å². The van der Waals surface area contributed by atoms with Crippen LogP contribution in [0.25, 0.3) is 0 Å². The SMILES string of the molecule is Cc1c([C@@H]2CC(C)(C)CC3C4=CCC5[C@@]6(C)Cc7c(N)n[nH]c7C(C)(C)C6CC[C@@]5(C)[C@]4(C)CC[C@@H]32)[nH][nH]c1=O. The molecule has 0 amide bonds. The topological polar surface area (TPSA) is 103 Å². The number of aromatic amines is 3. The number of nitrogens with two attached hydrogens (primary N) is 1. The van der Waals surface area contributed by atoms with Gasteiger partial charge in [-0.1, -0.05) is 60.1 Å². The van der Waals surface area contributed by atoms with Crippen LogP contribution in [-0.4, -0.2) is 20.4 Å². The molecule has 3 saturated carbocycles. The molecule has 2 aromatic rings. The Hall–Kier alpha value is -2.24. The van der Waals surface area contributed by atoms with Gasteiger partial charge in [0.25, 0.3) is 5.56 Å². The highest BCUT2D eigenvalue weighted by atomic mass is 16.1. The lowest BCUT2D eigenvalue weighted by Crippen LogP contribution is -2.63. The molecule has 5 aliphatic rings. The highest BCUT2D eigenvalue weighted by molar-refractivity contribution is 5.49. The first-order valence-electron chi connectivity index (χ1n) is 15.9. The highest BCUT2D eigenvalue weighted by Gasteiger charge is 2.67. The van der Waals surface area contributed by atoms with E-state index in [4.69, 9.17) is 5.73 Å². The van der Waals surface area contributed by atoms with E-state index >= 15 is 0 Å². The predicted molar refractivity (Wildman–Crippen MR) is 161 cm³/mol. The van der Waals surface area contributed by atoms with Crippen molar-refractivity contribution >= 4 is 5.82 Å². The van der Waals surface area contributed by atoms with Gasteiger partial charge < -0.3 is 10.8 Å². The fraction of sp³-hybridized carbons (Fsp3) is 0.765. The first-order valence-corrected chi connectivity index (χ1v) is 15.9. The maximum Gasteiger partial charge on any atom is 0.267 e. The van der Waals surface area contributed by atoms with Gasteiger partial charge in [-0.3, -0.25) is 15.0 Å². The van der Waals surface area contributed by atoms with Crippen LogP contribution in [-0.2, 0) is 11.8 Å². The average Bonchev–Trinajstić information content (AvgIpc) is 3.40. The maximum absolute atomic E-state index is 12.4. The lowest BCUT2D eigenvalue weighted by Gasteiger charge is -2.70. The number of hydrogen-bond donors (Lipinski definition) is 4. The van der Waals surface area contributed by atoms with Crippen LogP contribution >= 0.6 is 0 Å². The van der Waals surface area contributed by atoms with Crippen LogP contribution in [0, 0.1) is 52.3 Å². The molecule has 0 aliphatic heterocycles. The minimum Gasteiger partial charge on any atom is -0.382 e. The molecule has 2 aromatic heterocycles. The van der Waals surface area contributed by atoms with Crippen molar-refractivity contribution in [2.24, 2.45) is 45.3 Å². The fourth-order valence-electron chi connectivity index (χ4n) is 12.2. The van der Waals surface area contributed by atoms with Crippen LogP contribution in [0.3, 0.4) is 0 Å². The van der Waals surface area contributed by atoms with Crippen LogP contribution in [0.5, 0.6) is 0 Å². The molecule has 7 rings (SSSR count). The van der Waals surface area contributed by atoms with Crippen molar-refractivity contribution in [3.8, 4) is 0 Å². The van der Waals surface area contributed by atoms with E-state index in [0.717, 1.165) is 18.4 Å². The van der Waals surface area contributed by atoms with E-state index in [2.05, 4.69) is 74.9 Å². The van der Waals surface area contributed by atoms with Crippen molar-refractivity contribution in [2.75, 3.05) is 5.73 Å². The summed E-state index contributed by atoms with van der Waals surface area (Å²) in [6, 6.07) is 0. The predicted octanol–water partition coefficient (Wildman–Crippen LogP) is 7.16. The Labute approximate surface area is 239 Å². The third kappa shape index (κ3) is 3.17. The second-order valence-electron chi connectivity index (χ2n) is 16.8. The molecule has 8 atom stereocenters. The summed E-state index contributed by atoms with van der Waals surface area (Å²) < 4.78 is 0. The summed E-state index contributed by atoms with van der Waals surface area (Å²) in [5.41, 5.74) is 13.9. The van der Waals surface area contributed by atoms with Crippen LogP contribution < -0.4 is 11.3 Å². The first-order chi connectivity index (χ1) is 18.6. The lowest BCUT2D eigenvalue weighted by atomic mass is 9.34. The third-order valence-corrected chi connectivity index (χ3v) is 14.1. The van der Waals surface area contributed by atoms with Gasteiger partial charge in [-0.25, -0.2) is 0 Å². The number of allylic oxidation sites excluding steroid dienone is 2. The molecule has 6 heteroatoms. The molecule has 5 N–H and O–H groups in total. The molecule has 0 saturated heterocycles. The van der Waals surface area contributed by atoms with Crippen molar-refractivity contribution in [1.82, 2.24) is 20.4 Å². The summed E-state index contributed by atoms with van der Waals surface area (Å²) in [5, 5.41) is 14.1. The van der Waals surface area contributed by atoms with E-state index in [1.165, 1.54) is 55.5 Å². The molecule has 5 aliphatic carbocycles. The summed E-state index contributed by atoms with van der Waals surface area (Å²) in [6.07, 6.45) is 12.4. The summed E-state index contributed by atoms with van der Waals surface area (Å²) in [5.74, 6) is 3.56. The van der Waals surface area contributed by atoms with Crippen molar-refractivity contribution in [2.45, 2.75) is 118 Å². The zero-order valence-electron chi connectivity index (χ0n) is 26.1. The van der Waals surface area contributed by atoms with Crippen molar-refractivity contribution in [3.63, 3.8) is 0 Å². The van der Waals surface area contributed by atoms with E-state index in [1.807, 2.05) is 6.92 Å². The Morgan fingerprint density at radius 3 is 2.38 bits per heavy atom. The molecule has 40 heavy (non-hydrogen) atoms. The number of anilines is 1. The van der Waals surface area contributed by atoms with Gasteiger partial charge in [0.1, 0.15) is 5.82 Å². The molecular weight excluding hydrogens is 494 g/mol. The van der Waals surface area contributed by atoms with Gasteiger partial charge in [-0.15, -0.1) is 0 Å². The Bertz CT molecular complexity index is 1450. The Kier molecular flexibility index (Phi) is 5.31. The summed E-state index contributed by atoms with van der Waals surface area (Å²) >= 11 is 0. The van der Waals surface area contributed by atoms with Crippen LogP contribution in [0.2, 0.25) is 0 Å². The normalized spacial score (nSPS) is 43.0. The van der Waals surface area contributed by atoms with Gasteiger partial charge in [0.05, 0.1) is 0 Å². The van der Waals surface area contributed by atoms with Crippen LogP contribution in [0.4, 0.5) is 5.82 Å². The number of rotatable bonds is 1. The molecular formula is C34H51N5O. The van der Waals surface area contributed by atoms with Crippen LogP contribution in [0.1, 0.15) is 122 Å². The van der Waals surface area contributed by atoms with Gasteiger partial charge in [0.2, 0.25) is 0 Å². The molecule has 0 radical (unpaired) electrons. The molecule has 3 unspecified atom stereocenters. The zero-order valence-corrected chi connectivity index (χ0v) is 26.1. The van der Waals surface area contributed by atoms with Gasteiger partial charge >= 0.3 is 0 Å². The largest absolute Gasteiger partial charge is 0.382 e. The number of nitrogens with zero attached hydrogens (tertiary/aromatic N) is 1. The van der Waals surface area contributed by atoms with E-state index in [9.17, 15) is 4.79 Å².